The largest absolute Gasteiger partial charge is 0.495 e. The zero-order valence-electron chi connectivity index (χ0n) is 16.6. The fourth-order valence-corrected chi connectivity index (χ4v) is 3.43. The minimum absolute atomic E-state index is 0.651. The third-order valence-corrected chi connectivity index (χ3v) is 4.82. The van der Waals surface area contributed by atoms with Crippen LogP contribution >= 0.6 is 0 Å². The summed E-state index contributed by atoms with van der Waals surface area (Å²) in [6, 6.07) is 8.23. The van der Waals surface area contributed by atoms with Gasteiger partial charge in [0.05, 0.1) is 38.0 Å². The van der Waals surface area contributed by atoms with Crippen molar-refractivity contribution < 1.29 is 9.47 Å². The number of nitrogens with zero attached hydrogens (tertiary/aromatic N) is 5. The molecule has 3 aromatic rings. The van der Waals surface area contributed by atoms with Gasteiger partial charge in [-0.25, -0.2) is 15.0 Å². The molecule has 0 atom stereocenters. The molecule has 1 saturated heterocycles. The molecule has 0 bridgehead atoms. The van der Waals surface area contributed by atoms with Crippen molar-refractivity contribution in [2.45, 2.75) is 20.3 Å². The Hall–Kier alpha value is -2.93. The van der Waals surface area contributed by atoms with E-state index in [1.165, 1.54) is 0 Å². The molecule has 3 heterocycles. The van der Waals surface area contributed by atoms with Gasteiger partial charge in [-0.15, -0.1) is 0 Å². The minimum atomic E-state index is 0.651. The van der Waals surface area contributed by atoms with Crippen LogP contribution in [0.3, 0.4) is 0 Å². The molecule has 146 valence electrons. The number of hydrogen-bond acceptors (Lipinski definition) is 6. The van der Waals surface area contributed by atoms with E-state index in [0.717, 1.165) is 66.3 Å². The highest BCUT2D eigenvalue weighted by Gasteiger charge is 2.15. The van der Waals surface area contributed by atoms with Gasteiger partial charge in [-0.05, 0) is 31.5 Å². The van der Waals surface area contributed by atoms with Crippen molar-refractivity contribution >= 4 is 5.82 Å². The lowest BCUT2D eigenvalue weighted by molar-refractivity contribution is 0.122. The number of benzene rings is 1. The normalized spacial score (nSPS) is 14.3. The van der Waals surface area contributed by atoms with E-state index in [1.54, 1.807) is 13.4 Å². The highest BCUT2D eigenvalue weighted by atomic mass is 16.5. The van der Waals surface area contributed by atoms with Gasteiger partial charge < -0.3 is 18.9 Å². The van der Waals surface area contributed by atoms with E-state index in [1.807, 2.05) is 42.8 Å². The van der Waals surface area contributed by atoms with Crippen molar-refractivity contribution in [3.05, 3.63) is 59.6 Å². The van der Waals surface area contributed by atoms with Gasteiger partial charge in [0.1, 0.15) is 17.4 Å². The molecule has 1 aromatic carbocycles. The average molecular weight is 379 g/mol. The standard InChI is InChI=1S/C21H25N5O2/c1-15-10-21(25-6-8-28-9-7-25)24-20(23-15)12-17-4-5-18(19(11-17)27-3)26-13-16(2)22-14-26/h4-5,10-11,13-14H,6-9,12H2,1-3H3. The van der Waals surface area contributed by atoms with Crippen LogP contribution in [0, 0.1) is 13.8 Å². The Kier molecular flexibility index (Phi) is 5.25. The SMILES string of the molecule is COc1cc(Cc2nc(C)cc(N3CCOCC3)n2)ccc1-n1cnc(C)c1. The van der Waals surface area contributed by atoms with E-state index in [9.17, 15) is 0 Å². The smallest absolute Gasteiger partial charge is 0.143 e. The van der Waals surface area contributed by atoms with Crippen LogP contribution in [0.5, 0.6) is 5.75 Å². The molecule has 4 rings (SSSR count). The van der Waals surface area contributed by atoms with Crippen molar-refractivity contribution in [2.24, 2.45) is 0 Å². The molecule has 0 N–H and O–H groups in total. The fourth-order valence-electron chi connectivity index (χ4n) is 3.43. The number of morpholine rings is 1. The number of aryl methyl sites for hydroxylation is 2. The quantitative estimate of drug-likeness (QED) is 0.679. The molecule has 0 aliphatic carbocycles. The summed E-state index contributed by atoms with van der Waals surface area (Å²) in [5.41, 5.74) is 4.01. The van der Waals surface area contributed by atoms with Crippen LogP contribution in [-0.2, 0) is 11.2 Å². The Balaban J connectivity index is 1.59. The van der Waals surface area contributed by atoms with Gasteiger partial charge in [0.2, 0.25) is 0 Å². The van der Waals surface area contributed by atoms with Gasteiger partial charge >= 0.3 is 0 Å². The summed E-state index contributed by atoms with van der Waals surface area (Å²) in [7, 11) is 1.69. The monoisotopic (exact) mass is 379 g/mol. The molecule has 0 spiro atoms. The molecule has 1 aliphatic heterocycles. The second-order valence-corrected chi connectivity index (χ2v) is 6.99. The van der Waals surface area contributed by atoms with Crippen molar-refractivity contribution in [1.82, 2.24) is 19.5 Å². The van der Waals surface area contributed by atoms with Gasteiger partial charge in [0.25, 0.3) is 0 Å². The zero-order valence-corrected chi connectivity index (χ0v) is 16.6. The van der Waals surface area contributed by atoms with Gasteiger partial charge in [0.15, 0.2) is 0 Å². The van der Waals surface area contributed by atoms with E-state index in [2.05, 4.69) is 20.9 Å². The molecule has 0 radical (unpaired) electrons. The number of hydrogen-bond donors (Lipinski definition) is 0. The average Bonchev–Trinajstić information content (AvgIpc) is 3.14. The molecule has 0 unspecified atom stereocenters. The van der Waals surface area contributed by atoms with Crippen LogP contribution < -0.4 is 9.64 Å². The molecule has 7 nitrogen and oxygen atoms in total. The summed E-state index contributed by atoms with van der Waals surface area (Å²) in [6.07, 6.45) is 4.43. The van der Waals surface area contributed by atoms with E-state index in [0.29, 0.717) is 6.42 Å². The highest BCUT2D eigenvalue weighted by molar-refractivity contribution is 5.50. The predicted molar refractivity (Wildman–Crippen MR) is 107 cm³/mol. The second-order valence-electron chi connectivity index (χ2n) is 6.99. The van der Waals surface area contributed by atoms with Crippen molar-refractivity contribution in [3.8, 4) is 11.4 Å². The predicted octanol–water partition coefficient (Wildman–Crippen LogP) is 2.72. The lowest BCUT2D eigenvalue weighted by Gasteiger charge is -2.28. The van der Waals surface area contributed by atoms with E-state index in [-0.39, 0.29) is 0 Å². The lowest BCUT2D eigenvalue weighted by Crippen LogP contribution is -2.37. The van der Waals surface area contributed by atoms with Crippen LogP contribution in [0.1, 0.15) is 22.8 Å². The molecule has 0 amide bonds. The number of methoxy groups -OCH3 is 1. The third kappa shape index (κ3) is 3.99. The Labute approximate surface area is 165 Å². The van der Waals surface area contributed by atoms with E-state index >= 15 is 0 Å². The van der Waals surface area contributed by atoms with Gasteiger partial charge in [-0.1, -0.05) is 6.07 Å². The van der Waals surface area contributed by atoms with Crippen molar-refractivity contribution in [1.29, 1.82) is 0 Å². The summed E-state index contributed by atoms with van der Waals surface area (Å²) < 4.78 is 13.0. The molecule has 1 aliphatic rings. The number of rotatable bonds is 5. The molecule has 28 heavy (non-hydrogen) atoms. The topological polar surface area (TPSA) is 65.3 Å². The van der Waals surface area contributed by atoms with Crippen molar-refractivity contribution in [3.63, 3.8) is 0 Å². The second kappa shape index (κ2) is 7.98. The molecular weight excluding hydrogens is 354 g/mol. The minimum Gasteiger partial charge on any atom is -0.495 e. The zero-order chi connectivity index (χ0) is 19.5. The van der Waals surface area contributed by atoms with Crippen LogP contribution in [0.15, 0.2) is 36.8 Å². The highest BCUT2D eigenvalue weighted by Crippen LogP contribution is 2.26. The maximum Gasteiger partial charge on any atom is 0.143 e. The van der Waals surface area contributed by atoms with Crippen LogP contribution in [-0.4, -0.2) is 52.9 Å². The Bertz CT molecular complexity index is 963. The first-order valence-corrected chi connectivity index (χ1v) is 9.47. The molecule has 1 fully saturated rings. The first-order chi connectivity index (χ1) is 13.6. The summed E-state index contributed by atoms with van der Waals surface area (Å²) in [5, 5.41) is 0. The summed E-state index contributed by atoms with van der Waals surface area (Å²) in [4.78, 5) is 16.0. The van der Waals surface area contributed by atoms with Gasteiger partial charge in [0, 0.05) is 37.5 Å². The maximum absolute atomic E-state index is 5.62. The third-order valence-electron chi connectivity index (χ3n) is 4.82. The lowest BCUT2D eigenvalue weighted by atomic mass is 10.1. The fraction of sp³-hybridized carbons (Fsp3) is 0.381. The summed E-state index contributed by atoms with van der Waals surface area (Å²) in [5.74, 6) is 2.59. The Morgan fingerprint density at radius 1 is 1.07 bits per heavy atom. The number of imidazole rings is 1. The van der Waals surface area contributed by atoms with Crippen LogP contribution in [0.25, 0.3) is 5.69 Å². The Morgan fingerprint density at radius 2 is 1.89 bits per heavy atom. The number of ether oxygens (including phenoxy) is 2. The first-order valence-electron chi connectivity index (χ1n) is 9.47. The van der Waals surface area contributed by atoms with E-state index in [4.69, 9.17) is 14.5 Å². The van der Waals surface area contributed by atoms with Gasteiger partial charge in [-0.3, -0.25) is 0 Å². The van der Waals surface area contributed by atoms with Crippen LogP contribution in [0.2, 0.25) is 0 Å². The Morgan fingerprint density at radius 3 is 2.61 bits per heavy atom. The summed E-state index contributed by atoms with van der Waals surface area (Å²) >= 11 is 0. The van der Waals surface area contributed by atoms with Crippen molar-refractivity contribution in [2.75, 3.05) is 38.3 Å². The molecule has 2 aromatic heterocycles. The number of aromatic nitrogens is 4. The summed E-state index contributed by atoms with van der Waals surface area (Å²) in [6.45, 7) is 7.19. The number of anilines is 1. The molecule has 0 saturated carbocycles. The maximum atomic E-state index is 5.62. The first kappa shape index (κ1) is 18.4. The van der Waals surface area contributed by atoms with Gasteiger partial charge in [-0.2, -0.15) is 0 Å². The van der Waals surface area contributed by atoms with E-state index < -0.39 is 0 Å². The van der Waals surface area contributed by atoms with Crippen LogP contribution in [0.4, 0.5) is 5.82 Å². The molecule has 7 heteroatoms. The molecular formula is C21H25N5O2.